The van der Waals surface area contributed by atoms with Crippen LogP contribution in [0.3, 0.4) is 0 Å². The third-order valence-electron chi connectivity index (χ3n) is 25.7. The fourth-order valence-electron chi connectivity index (χ4n) is 16.5. The van der Waals surface area contributed by atoms with Gasteiger partial charge in [-0.15, -0.1) is 46.4 Å². The summed E-state index contributed by atoms with van der Waals surface area (Å²) in [7, 11) is 3.86. The number of amides is 3. The Balaban J connectivity index is 0.000000166. The van der Waals surface area contributed by atoms with Gasteiger partial charge in [0.15, 0.2) is 147 Å². The van der Waals surface area contributed by atoms with Crippen molar-refractivity contribution in [2.45, 2.75) is 223 Å². The topological polar surface area (TPSA) is 659 Å². The monoisotopic (exact) mass is 2180 g/mol. The van der Waals surface area contributed by atoms with Crippen molar-refractivity contribution in [3.05, 3.63) is 62.0 Å². The summed E-state index contributed by atoms with van der Waals surface area (Å²) in [6.07, 6.45) is -11.9. The Morgan fingerprint density at radius 3 is 0.993 bits per heavy atom. The van der Waals surface area contributed by atoms with E-state index < -0.39 is 166 Å². The average Bonchev–Trinajstić information content (AvgIpc) is 1.60. The van der Waals surface area contributed by atoms with Crippen LogP contribution in [0.2, 0.25) is 0 Å². The summed E-state index contributed by atoms with van der Waals surface area (Å²) in [5.41, 5.74) is 7.77. The predicted molar refractivity (Wildman–Crippen MR) is 538 cm³/mol. The van der Waals surface area contributed by atoms with Gasteiger partial charge in [0.05, 0.1) is 98.9 Å². The van der Waals surface area contributed by atoms with Crippen molar-refractivity contribution >= 4 is 192 Å². The first-order chi connectivity index (χ1) is 70.2. The van der Waals surface area contributed by atoms with E-state index in [4.69, 9.17) is 95.3 Å². The molecule has 22 atom stereocenters. The highest BCUT2D eigenvalue weighted by molar-refractivity contribution is 7.52. The van der Waals surface area contributed by atoms with E-state index in [1.54, 1.807) is 127 Å². The fraction of sp³-hybridized carbons (Fsp3) is 0.602. The van der Waals surface area contributed by atoms with Gasteiger partial charge in [-0.25, -0.2) is 51.4 Å². The highest BCUT2D eigenvalue weighted by Gasteiger charge is 2.61. The van der Waals surface area contributed by atoms with E-state index in [2.05, 4.69) is 122 Å². The smallest absolute Gasteiger partial charge is 0.459 e. The van der Waals surface area contributed by atoms with E-state index in [9.17, 15) is 63.2 Å². The maximum atomic E-state index is 15.6. The minimum absolute atomic E-state index is 0.0111. The Morgan fingerprint density at radius 1 is 0.432 bits per heavy atom. The highest BCUT2D eigenvalue weighted by atomic mass is 35.5. The van der Waals surface area contributed by atoms with Crippen molar-refractivity contribution < 1.29 is 114 Å². The van der Waals surface area contributed by atoms with Crippen LogP contribution in [0, 0.1) is 29.6 Å². The van der Waals surface area contributed by atoms with Gasteiger partial charge < -0.3 is 102 Å². The molecule has 10 aromatic heterocycles. The maximum Gasteiger partial charge on any atom is 0.459 e. The van der Waals surface area contributed by atoms with Crippen LogP contribution in [0.25, 0.3) is 55.8 Å². The Labute approximate surface area is 864 Å². The lowest BCUT2D eigenvalue weighted by Gasteiger charge is -2.31. The van der Waals surface area contributed by atoms with Crippen LogP contribution >= 0.6 is 54.2 Å². The van der Waals surface area contributed by atoms with Gasteiger partial charge in [0.1, 0.15) is 46.9 Å². The van der Waals surface area contributed by atoms with Gasteiger partial charge >= 0.3 is 13.7 Å². The number of para-hydroxylation sites is 1. The number of rotatable bonds is 34. The number of nitrogens with one attached hydrogen (secondary N) is 9. The summed E-state index contributed by atoms with van der Waals surface area (Å²) in [6, 6.07) is 6.93. The summed E-state index contributed by atoms with van der Waals surface area (Å²) in [6.45, 7) is 20.3. The number of carbonyl (C=O) groups excluding carboxylic acids is 4. The van der Waals surface area contributed by atoms with Crippen molar-refractivity contribution in [2.75, 3.05) is 139 Å². The van der Waals surface area contributed by atoms with Gasteiger partial charge in [0, 0.05) is 64.8 Å². The number of ether oxygens (including phenoxy) is 6. The molecule has 50 nitrogen and oxygen atoms in total. The molecule has 5 saturated heterocycles. The first-order valence-electron chi connectivity index (χ1n) is 46.9. The molecule has 60 heteroatoms. The van der Waals surface area contributed by atoms with Crippen molar-refractivity contribution in [1.82, 2.24) is 103 Å². The Morgan fingerprint density at radius 2 is 0.716 bits per heavy atom. The Hall–Kier alpha value is -11.2. The Bertz CT molecular complexity index is 6160. The van der Waals surface area contributed by atoms with Gasteiger partial charge in [0.25, 0.3) is 0 Å². The van der Waals surface area contributed by atoms with Crippen LogP contribution < -0.4 is 63.6 Å². The molecule has 0 saturated carbocycles. The van der Waals surface area contributed by atoms with Crippen molar-refractivity contribution in [3.8, 4) is 5.75 Å². The first kappa shape index (κ1) is 115. The largest absolute Gasteiger partial charge is 0.462 e. The van der Waals surface area contributed by atoms with Crippen LogP contribution in [0.4, 0.5) is 80.8 Å². The SMILES string of the molecule is CCC1(CCl)O[C@@H](n2cnc3c(NC)nc(NC(=O)C(C)C)nc32)[C@@H](F)[C@@H]1C.CCC1(CO)O[C@@H](n2cnc3c(NC)nc(NC(=O)C(C)C)nc32)[C@@H](F)[C@@H]1C.CNc1nc(N)nc2c1ncn2[C@@H]1O[C@@](CO)(CCl)[C@@H](O)[C@@H]1F.CNc1nc(N)nc2c1ncn2[C@@H]1O[C@](CCl)(CO[P@@](=O)(N[C@@H](C)C(=O)OC(C)C)Oc2ccccc2)[C@@H](O)[C@@H]1F.CNc1nc(NC(=O)C(C)C)nc2c1ncn2[C@@H]1OC(CO)(CCl)[C@@H](O)[C@@H]1F. The predicted octanol–water partition coefficient (Wildman–Crippen LogP) is 8.56. The molecule has 19 N–H and O–H groups in total. The van der Waals surface area contributed by atoms with Gasteiger partial charge in [-0.1, -0.05) is 87.4 Å². The second kappa shape index (κ2) is 48.0. The Kier molecular flexibility index (Phi) is 37.4. The second-order valence-corrected chi connectivity index (χ2v) is 39.3. The number of carbonyl (C=O) groups is 4. The van der Waals surface area contributed by atoms with Gasteiger partial charge in [-0.2, -0.15) is 54.9 Å². The number of alkyl halides is 9. The molecule has 16 rings (SSSR count). The molecule has 0 bridgehead atoms. The molecule has 0 spiro atoms. The molecule has 148 heavy (non-hydrogen) atoms. The lowest BCUT2D eigenvalue weighted by molar-refractivity contribution is -0.149. The number of aliphatic hydroxyl groups is 6. The fourth-order valence-corrected chi connectivity index (χ4v) is 19.4. The number of aromatic nitrogens is 20. The van der Waals surface area contributed by atoms with E-state index in [-0.39, 0.29) is 118 Å². The van der Waals surface area contributed by atoms with Crippen LogP contribution in [-0.4, -0.2) is 326 Å². The molecule has 3 amide bonds. The van der Waals surface area contributed by atoms with Crippen LogP contribution in [0.5, 0.6) is 5.75 Å². The molecule has 0 aliphatic carbocycles. The third-order valence-corrected chi connectivity index (χ3v) is 29.1. The summed E-state index contributed by atoms with van der Waals surface area (Å²) in [5, 5.41) is 84.9. The number of anilines is 10. The number of esters is 1. The van der Waals surface area contributed by atoms with E-state index in [1.165, 1.54) is 69.0 Å². The van der Waals surface area contributed by atoms with E-state index in [0.29, 0.717) is 80.8 Å². The molecule has 5 fully saturated rings. The zero-order valence-electron chi connectivity index (χ0n) is 83.8. The number of aliphatic hydroxyl groups excluding tert-OH is 6. The van der Waals surface area contributed by atoms with Crippen molar-refractivity contribution in [3.63, 3.8) is 0 Å². The molecule has 5 aliphatic heterocycles. The normalized spacial score (nSPS) is 27.3. The number of hydrogen-bond acceptors (Lipinski definition) is 41. The lowest BCUT2D eigenvalue weighted by Crippen LogP contribution is -2.48. The molecule has 0 radical (unpaired) electrons. The van der Waals surface area contributed by atoms with E-state index in [0.717, 1.165) is 0 Å². The van der Waals surface area contributed by atoms with Crippen molar-refractivity contribution in [1.29, 1.82) is 0 Å². The average molecular weight is 2190 g/mol. The zero-order valence-corrected chi connectivity index (χ0v) is 87.7. The number of nitrogens with zero attached hydrogens (tertiary/aromatic N) is 20. The zero-order chi connectivity index (χ0) is 109. The van der Waals surface area contributed by atoms with Crippen molar-refractivity contribution in [2.24, 2.45) is 29.6 Å². The molecule has 3 unspecified atom stereocenters. The maximum absolute atomic E-state index is 15.6. The third kappa shape index (κ3) is 23.1. The summed E-state index contributed by atoms with van der Waals surface area (Å²) < 4.78 is 142. The number of benzene rings is 1. The highest BCUT2D eigenvalue weighted by Crippen LogP contribution is 2.53. The number of nitrogens with two attached hydrogens (primary N) is 2. The van der Waals surface area contributed by atoms with E-state index in [1.807, 2.05) is 13.8 Å². The van der Waals surface area contributed by atoms with Crippen LogP contribution in [0.1, 0.15) is 134 Å². The quantitative estimate of drug-likeness (QED) is 0.00776. The first-order valence-corrected chi connectivity index (χ1v) is 50.6. The van der Waals surface area contributed by atoms with Gasteiger partial charge in [0.2, 0.25) is 47.5 Å². The molecule has 11 aromatic rings. The number of halogens is 9. The number of fused-ring (bicyclic) bond motifs is 5. The van der Waals surface area contributed by atoms with Gasteiger partial charge in [-0.05, 0) is 45.7 Å². The number of imidazole rings is 5. The van der Waals surface area contributed by atoms with E-state index >= 15 is 13.2 Å². The molecule has 1 aromatic carbocycles. The minimum Gasteiger partial charge on any atom is -0.462 e. The molecule has 812 valence electrons. The minimum atomic E-state index is -4.37. The molecule has 5 aliphatic rings. The summed E-state index contributed by atoms with van der Waals surface area (Å²) >= 11 is 23.9. The number of nitrogen functional groups attached to an aromatic ring is 2. The second-order valence-electron chi connectivity index (χ2n) is 36.6. The number of hydrogen-bond donors (Lipinski definition) is 17. The summed E-state index contributed by atoms with van der Waals surface area (Å²) in [5.74, 6) is -1.82. The lowest BCUT2D eigenvalue weighted by atomic mass is 9.86. The van der Waals surface area contributed by atoms with Crippen LogP contribution in [0.15, 0.2) is 62.0 Å². The van der Waals surface area contributed by atoms with Crippen LogP contribution in [-0.2, 0) is 56.7 Å². The standard InChI is InChI=1S/C24H32ClFN7O7P.C18H26ClFN6O2.C18H27FN6O3.C16H22ClFN6O4.C12H16ClFN6O3/c1-13(2)38-22(35)14(3)32-41(36,40-15-8-6-5-7-9-15)37-11-24(10-25)18(34)16(26)21(39-24)33-12-29-17-19(28-4)30-23(27)31-20(17)33;1-6-18(7-19)10(4)11(20)16(28-18)26-8-22-12-13(21-5)23-17(24-14(12)26)25-15(27)9(2)3;1-6-18(7-26)10(4)11(19)16(28-18)25-8-21-12-13(20-5)22-17(23-14(12)25)24-15(27)9(2)3;1-7(2)13(27)23-15-21-11(19-3)9-12(22-15)24(6-20-9)14-8(18)10(26)16(4-17,5-25)28-14;1-16-8-6-9(19-11(15)18-8)20(4-17-6)10-5(14)7(22)12(2-13,3-21)23-10/h5-9,12-14,16,18,21,34H,10-11H2,1-4H3,(H,32,36)(H3,27,28,30,31);8-11,16H,6-7H2,1-5H3,(H2,21,23,24,25,27);8-11,16,26H,6-7H2,1-5H3,(H2,20,22,23,24,27);6-8,10,14,25-26H,4-5H2,1-3H3,(H2,19,21,22,23,27);4-5,7,10,21-22H,2-3H2,1H3,(H3,15,16,18,19)/t14-,16-,18-,21+,24+,41-;2*10-,11-,16+,18?;8-,10-,14+,16?;5-,7-,10+,12+/m00000/s1. The van der Waals surface area contributed by atoms with Gasteiger partial charge in [-0.3, -0.25) is 62.5 Å². The summed E-state index contributed by atoms with van der Waals surface area (Å²) in [4.78, 5) is 112. The molecule has 15 heterocycles. The molecular formula is C88H123Cl4F5N31O19P. The molecular weight excluding hydrogens is 2060 g/mol.